The summed E-state index contributed by atoms with van der Waals surface area (Å²) >= 11 is 1.31. The van der Waals surface area contributed by atoms with Gasteiger partial charge in [0.15, 0.2) is 0 Å². The number of nitrogens with one attached hydrogen (secondary N) is 1. The molecule has 2 heterocycles. The molecule has 25 heavy (non-hydrogen) atoms. The van der Waals surface area contributed by atoms with Crippen LogP contribution in [0.25, 0.3) is 0 Å². The zero-order valence-electron chi connectivity index (χ0n) is 12.7. The molecule has 2 aromatic rings. The van der Waals surface area contributed by atoms with Crippen molar-refractivity contribution < 1.29 is 27.9 Å². The third-order valence-corrected chi connectivity index (χ3v) is 4.48. The summed E-state index contributed by atoms with van der Waals surface area (Å²) in [5.74, 6) is -3.53. The maximum atomic E-state index is 12.8. The van der Waals surface area contributed by atoms with Gasteiger partial charge in [-0.2, -0.15) is 13.2 Å². The quantitative estimate of drug-likeness (QED) is 0.869. The van der Waals surface area contributed by atoms with E-state index in [0.717, 1.165) is 0 Å². The van der Waals surface area contributed by atoms with Crippen molar-refractivity contribution in [2.45, 2.75) is 24.9 Å². The van der Waals surface area contributed by atoms with Crippen molar-refractivity contribution in [1.29, 1.82) is 0 Å². The van der Waals surface area contributed by atoms with Gasteiger partial charge in [0.2, 0.25) is 0 Å². The first-order chi connectivity index (χ1) is 11.8. The Bertz CT molecular complexity index is 805. The van der Waals surface area contributed by atoms with Gasteiger partial charge in [-0.1, -0.05) is 29.4 Å². The molecule has 0 saturated carbocycles. The lowest BCUT2D eigenvalue weighted by Crippen LogP contribution is -2.45. The van der Waals surface area contributed by atoms with E-state index >= 15 is 0 Å². The van der Waals surface area contributed by atoms with Crippen molar-refractivity contribution in [3.8, 4) is 0 Å². The Balaban J connectivity index is 1.67. The SMILES string of the molecule is O=C(NCc1cccc(C2=NOC(O)(C(F)(F)F)C2)c1)c1cccs1. The van der Waals surface area contributed by atoms with E-state index in [1.54, 1.807) is 41.8 Å². The first-order valence-corrected chi connectivity index (χ1v) is 8.12. The van der Waals surface area contributed by atoms with Crippen LogP contribution < -0.4 is 5.32 Å². The van der Waals surface area contributed by atoms with E-state index < -0.39 is 18.4 Å². The monoisotopic (exact) mass is 370 g/mol. The maximum Gasteiger partial charge on any atom is 0.458 e. The third kappa shape index (κ3) is 3.67. The number of benzene rings is 1. The number of thiophene rings is 1. The Morgan fingerprint density at radius 3 is 2.80 bits per heavy atom. The molecule has 0 spiro atoms. The highest BCUT2D eigenvalue weighted by Gasteiger charge is 2.60. The summed E-state index contributed by atoms with van der Waals surface area (Å²) in [6.45, 7) is 0.211. The number of oxime groups is 1. The lowest BCUT2D eigenvalue weighted by atomic mass is 10.0. The molecule has 5 nitrogen and oxygen atoms in total. The number of halogens is 3. The Morgan fingerprint density at radius 1 is 1.36 bits per heavy atom. The van der Waals surface area contributed by atoms with Crippen molar-refractivity contribution in [2.75, 3.05) is 0 Å². The summed E-state index contributed by atoms with van der Waals surface area (Å²) in [4.78, 5) is 16.7. The van der Waals surface area contributed by atoms with Crippen LogP contribution in [0.15, 0.2) is 46.9 Å². The topological polar surface area (TPSA) is 70.9 Å². The molecule has 0 aliphatic carbocycles. The molecule has 1 aliphatic rings. The van der Waals surface area contributed by atoms with Crippen LogP contribution in [0, 0.1) is 0 Å². The fraction of sp³-hybridized carbons (Fsp3) is 0.250. The zero-order chi connectivity index (χ0) is 18.1. The standard InChI is InChI=1S/C16H13F3N2O3S/c17-16(18,19)15(23)8-12(21-24-15)11-4-1-3-10(7-11)9-20-14(22)13-5-2-6-25-13/h1-7,23H,8-9H2,(H,20,22). The van der Waals surface area contributed by atoms with E-state index in [2.05, 4.69) is 15.3 Å². The van der Waals surface area contributed by atoms with Crippen LogP contribution in [-0.4, -0.2) is 28.7 Å². The van der Waals surface area contributed by atoms with Crippen LogP contribution in [0.2, 0.25) is 0 Å². The second kappa shape index (κ2) is 6.49. The number of hydrogen-bond donors (Lipinski definition) is 2. The van der Waals surface area contributed by atoms with Crippen molar-refractivity contribution in [2.24, 2.45) is 5.16 Å². The van der Waals surface area contributed by atoms with Gasteiger partial charge in [-0.05, 0) is 28.6 Å². The highest BCUT2D eigenvalue weighted by atomic mass is 32.1. The molecule has 1 aromatic heterocycles. The van der Waals surface area contributed by atoms with Crippen LogP contribution in [0.4, 0.5) is 13.2 Å². The second-order valence-electron chi connectivity index (χ2n) is 5.45. The molecule has 1 aromatic carbocycles. The molecule has 1 atom stereocenters. The first kappa shape index (κ1) is 17.4. The summed E-state index contributed by atoms with van der Waals surface area (Å²) in [5.41, 5.74) is 1.07. The Labute approximate surface area is 144 Å². The van der Waals surface area contributed by atoms with Gasteiger partial charge in [0.1, 0.15) is 0 Å². The van der Waals surface area contributed by atoms with Crippen LogP contribution in [-0.2, 0) is 11.4 Å². The number of aliphatic hydroxyl groups is 1. The summed E-state index contributed by atoms with van der Waals surface area (Å²) in [6.07, 6.45) is -5.73. The predicted octanol–water partition coefficient (Wildman–Crippen LogP) is 3.05. The lowest BCUT2D eigenvalue weighted by molar-refractivity contribution is -0.355. The van der Waals surface area contributed by atoms with Crippen molar-refractivity contribution >= 4 is 23.0 Å². The van der Waals surface area contributed by atoms with E-state index in [4.69, 9.17) is 0 Å². The van der Waals surface area contributed by atoms with Gasteiger partial charge in [-0.25, -0.2) is 0 Å². The number of rotatable bonds is 4. The molecule has 0 bridgehead atoms. The molecule has 3 rings (SSSR count). The average molecular weight is 370 g/mol. The number of carbonyl (C=O) groups excluding carboxylic acids is 1. The van der Waals surface area contributed by atoms with E-state index in [-0.39, 0.29) is 18.2 Å². The van der Waals surface area contributed by atoms with Gasteiger partial charge in [0.25, 0.3) is 5.91 Å². The van der Waals surface area contributed by atoms with Crippen LogP contribution in [0.3, 0.4) is 0 Å². The van der Waals surface area contributed by atoms with E-state index in [0.29, 0.717) is 16.0 Å². The molecule has 1 aliphatic heterocycles. The normalized spacial score (nSPS) is 20.1. The molecule has 0 radical (unpaired) electrons. The van der Waals surface area contributed by atoms with Crippen molar-refractivity contribution in [1.82, 2.24) is 5.32 Å². The van der Waals surface area contributed by atoms with Gasteiger partial charge in [0.05, 0.1) is 17.0 Å². The Hall–Kier alpha value is -2.39. The predicted molar refractivity (Wildman–Crippen MR) is 85.2 cm³/mol. The summed E-state index contributed by atoms with van der Waals surface area (Å²) < 4.78 is 38.3. The Kier molecular flexibility index (Phi) is 4.53. The first-order valence-electron chi connectivity index (χ1n) is 7.24. The summed E-state index contributed by atoms with van der Waals surface area (Å²) in [5, 5.41) is 17.4. The molecular formula is C16H13F3N2O3S. The molecule has 132 valence electrons. The molecule has 1 amide bonds. The number of amides is 1. The minimum absolute atomic E-state index is 0.00809. The third-order valence-electron chi connectivity index (χ3n) is 3.62. The molecule has 9 heteroatoms. The van der Waals surface area contributed by atoms with Crippen LogP contribution in [0.5, 0.6) is 0 Å². The van der Waals surface area contributed by atoms with Gasteiger partial charge < -0.3 is 15.3 Å². The largest absolute Gasteiger partial charge is 0.458 e. The van der Waals surface area contributed by atoms with Crippen molar-refractivity contribution in [3.63, 3.8) is 0 Å². The highest BCUT2D eigenvalue weighted by molar-refractivity contribution is 7.12. The summed E-state index contributed by atoms with van der Waals surface area (Å²) in [6, 6.07) is 9.98. The van der Waals surface area contributed by atoms with Crippen LogP contribution >= 0.6 is 11.3 Å². The minimum atomic E-state index is -4.94. The summed E-state index contributed by atoms with van der Waals surface area (Å²) in [7, 11) is 0. The molecule has 2 N–H and O–H groups in total. The maximum absolute atomic E-state index is 12.8. The van der Waals surface area contributed by atoms with E-state index in [1.807, 2.05) is 0 Å². The van der Waals surface area contributed by atoms with Gasteiger partial charge in [-0.3, -0.25) is 4.79 Å². The fourth-order valence-electron chi connectivity index (χ4n) is 2.27. The molecular weight excluding hydrogens is 357 g/mol. The Morgan fingerprint density at radius 2 is 2.16 bits per heavy atom. The van der Waals surface area contributed by atoms with Gasteiger partial charge in [0, 0.05) is 6.54 Å². The van der Waals surface area contributed by atoms with Gasteiger partial charge in [-0.15, -0.1) is 11.3 Å². The number of carbonyl (C=O) groups is 1. The van der Waals surface area contributed by atoms with E-state index in [1.165, 1.54) is 11.3 Å². The molecule has 1 unspecified atom stereocenters. The molecule has 0 fully saturated rings. The molecule has 0 saturated heterocycles. The minimum Gasteiger partial charge on any atom is -0.350 e. The number of alkyl halides is 3. The van der Waals surface area contributed by atoms with Crippen LogP contribution in [0.1, 0.15) is 27.2 Å². The fourth-order valence-corrected chi connectivity index (χ4v) is 2.91. The number of hydrogen-bond acceptors (Lipinski definition) is 5. The number of nitrogens with zero attached hydrogens (tertiary/aromatic N) is 1. The van der Waals surface area contributed by atoms with Gasteiger partial charge >= 0.3 is 12.0 Å². The smallest absolute Gasteiger partial charge is 0.350 e. The van der Waals surface area contributed by atoms with Crippen molar-refractivity contribution in [3.05, 3.63) is 57.8 Å². The average Bonchev–Trinajstić information content (AvgIpc) is 3.22. The highest BCUT2D eigenvalue weighted by Crippen LogP contribution is 2.38. The van der Waals surface area contributed by atoms with E-state index in [9.17, 15) is 23.1 Å². The zero-order valence-corrected chi connectivity index (χ0v) is 13.5. The lowest BCUT2D eigenvalue weighted by Gasteiger charge is -2.22. The second-order valence-corrected chi connectivity index (χ2v) is 6.40.